The van der Waals surface area contributed by atoms with Crippen molar-refractivity contribution in [3.05, 3.63) is 81.6 Å². The largest absolute Gasteiger partial charge is 0.489 e. The summed E-state index contributed by atoms with van der Waals surface area (Å²) in [5.74, 6) is -0.181. The first-order valence-corrected chi connectivity index (χ1v) is 19.0. The lowest BCUT2D eigenvalue weighted by atomic mass is 10.0. The number of sulfonamides is 1. The molecule has 2 atom stereocenters. The Labute approximate surface area is 315 Å². The van der Waals surface area contributed by atoms with Crippen molar-refractivity contribution in [2.75, 3.05) is 40.0 Å². The zero-order valence-electron chi connectivity index (χ0n) is 28.6. The molecule has 1 saturated heterocycles. The highest BCUT2D eigenvalue weighted by atomic mass is 35.5. The van der Waals surface area contributed by atoms with E-state index < -0.39 is 34.1 Å². The van der Waals surface area contributed by atoms with Crippen molar-refractivity contribution in [1.82, 2.24) is 9.21 Å². The standard InChI is InChI=1S/C30H29Cl2F2N2O8S2.C3H9N.CH2O/c31-23-14-35(39)15-24(32)22(23)12-26(20-6-7-25(44-30(33)34)27(11-20)42-17-18-4-5-18)43-29(38)13-28-36(8-9-45-28)46(40,41)21-3-1-2-19(10-21)16-37;1-4(2)3;1-2/h1-3,6-7,10-11,14-16,18,26,28,30,39H,4-5,8-9,12-13,17H2;1-3H3;1H2/q+1;;/t26?,28-;;/m0../s1. The summed E-state index contributed by atoms with van der Waals surface area (Å²) in [4.78, 5) is 34.6. The predicted molar refractivity (Wildman–Crippen MR) is 191 cm³/mol. The van der Waals surface area contributed by atoms with Crippen LogP contribution >= 0.6 is 35.0 Å². The number of halogens is 4. The number of rotatable bonds is 14. The smallest absolute Gasteiger partial charge is 0.387 e. The van der Waals surface area contributed by atoms with E-state index in [1.807, 2.05) is 32.8 Å². The van der Waals surface area contributed by atoms with E-state index in [1.165, 1.54) is 70.9 Å². The van der Waals surface area contributed by atoms with Crippen LogP contribution in [0.1, 0.15) is 46.9 Å². The fourth-order valence-corrected chi connectivity index (χ4v) is 8.71. The number of ether oxygens (including phenoxy) is 3. The van der Waals surface area contributed by atoms with Gasteiger partial charge in [-0.05, 0) is 69.7 Å². The SMILES string of the molecule is C=O.CN(C)C.O=Cc1cccc(S(=O)(=O)N2CCS[C@H]2CC(=O)OC(Cc2c(Cl)c[n+](O)cc2Cl)c2ccc(OC(F)F)c(OCC3CC3)c2)c1. The van der Waals surface area contributed by atoms with Crippen LogP contribution in [0.2, 0.25) is 10.0 Å². The molecule has 3 aromatic rings. The number of carbonyl (C=O) groups is 3. The normalized spacial score (nSPS) is 16.3. The topological polar surface area (TPSA) is 144 Å². The molecule has 1 unspecified atom stereocenters. The number of hydrogen-bond donors (Lipinski definition) is 1. The summed E-state index contributed by atoms with van der Waals surface area (Å²) in [7, 11) is 1.95. The third kappa shape index (κ3) is 12.6. The average Bonchev–Trinajstić information content (AvgIpc) is 3.80. The molecule has 0 bridgehead atoms. The number of nitrogens with zero attached hydrogens (tertiary/aromatic N) is 3. The Bertz CT molecular complexity index is 1760. The zero-order valence-corrected chi connectivity index (χ0v) is 31.8. The van der Waals surface area contributed by atoms with Crippen LogP contribution in [0.15, 0.2) is 59.8 Å². The third-order valence-corrected chi connectivity index (χ3v) is 11.3. The summed E-state index contributed by atoms with van der Waals surface area (Å²) in [6, 6.07) is 9.77. The van der Waals surface area contributed by atoms with Crippen molar-refractivity contribution in [2.45, 2.75) is 48.7 Å². The number of aromatic nitrogens is 1. The fourth-order valence-electron chi connectivity index (χ4n) is 4.85. The van der Waals surface area contributed by atoms with Gasteiger partial charge in [0.05, 0.1) is 23.3 Å². The molecule has 2 aliphatic rings. The molecule has 0 amide bonds. The van der Waals surface area contributed by atoms with Crippen LogP contribution in [0.4, 0.5) is 8.78 Å². The second-order valence-corrected chi connectivity index (χ2v) is 16.0. The van der Waals surface area contributed by atoms with Crippen LogP contribution in [-0.4, -0.2) is 93.9 Å². The Balaban J connectivity index is 0.00000114. The number of carbonyl (C=O) groups excluding carboxylic acids is 3. The number of alkyl halides is 2. The van der Waals surface area contributed by atoms with E-state index in [9.17, 15) is 32.0 Å². The Morgan fingerprint density at radius 2 is 1.77 bits per heavy atom. The minimum absolute atomic E-state index is 0.0328. The maximum Gasteiger partial charge on any atom is 0.387 e. The summed E-state index contributed by atoms with van der Waals surface area (Å²) in [6.45, 7) is -0.665. The lowest BCUT2D eigenvalue weighted by molar-refractivity contribution is -0.904. The molecule has 1 aliphatic carbocycles. The van der Waals surface area contributed by atoms with Crippen molar-refractivity contribution < 1.29 is 55.7 Å². The van der Waals surface area contributed by atoms with Crippen LogP contribution in [0.5, 0.6) is 11.5 Å². The van der Waals surface area contributed by atoms with Crippen LogP contribution in [0.3, 0.4) is 0 Å². The van der Waals surface area contributed by atoms with Crippen molar-refractivity contribution in [1.29, 1.82) is 0 Å². The predicted octanol–water partition coefficient (Wildman–Crippen LogP) is 5.69. The Hall–Kier alpha value is -3.54. The van der Waals surface area contributed by atoms with Gasteiger partial charge in [0, 0.05) is 34.6 Å². The lowest BCUT2D eigenvalue weighted by Gasteiger charge is -2.25. The summed E-state index contributed by atoms with van der Waals surface area (Å²) in [6.07, 6.45) is 3.36. The fraction of sp³-hybridized carbons (Fsp3) is 0.412. The van der Waals surface area contributed by atoms with Gasteiger partial charge in [0.15, 0.2) is 11.5 Å². The molecular weight excluding hydrogens is 767 g/mol. The Morgan fingerprint density at radius 1 is 1.12 bits per heavy atom. The van der Waals surface area contributed by atoms with E-state index in [2.05, 4.69) is 4.74 Å². The number of pyridine rings is 1. The van der Waals surface area contributed by atoms with Gasteiger partial charge in [-0.3, -0.25) is 14.8 Å². The molecule has 2 fully saturated rings. The Kier molecular flexibility index (Phi) is 16.5. The molecule has 12 nitrogen and oxygen atoms in total. The lowest BCUT2D eigenvalue weighted by Crippen LogP contribution is -2.36. The van der Waals surface area contributed by atoms with E-state index in [4.69, 9.17) is 37.5 Å². The molecule has 52 heavy (non-hydrogen) atoms. The highest BCUT2D eigenvalue weighted by molar-refractivity contribution is 8.01. The van der Waals surface area contributed by atoms with Gasteiger partial charge in [-0.25, -0.2) is 8.42 Å². The van der Waals surface area contributed by atoms with Crippen LogP contribution in [0, 0.1) is 5.92 Å². The first-order valence-electron chi connectivity index (χ1n) is 15.8. The summed E-state index contributed by atoms with van der Waals surface area (Å²) in [5, 5.41) is 9.16. The summed E-state index contributed by atoms with van der Waals surface area (Å²) in [5.41, 5.74) is 0.874. The van der Waals surface area contributed by atoms with Gasteiger partial charge in [0.2, 0.25) is 22.4 Å². The Morgan fingerprint density at radius 3 is 2.37 bits per heavy atom. The third-order valence-electron chi connectivity index (χ3n) is 7.34. The molecule has 1 saturated carbocycles. The van der Waals surface area contributed by atoms with Crippen LogP contribution < -0.4 is 14.2 Å². The number of hydrogen-bond acceptors (Lipinski definition) is 11. The first kappa shape index (κ1) is 42.9. The highest BCUT2D eigenvalue weighted by Crippen LogP contribution is 2.39. The van der Waals surface area contributed by atoms with Crippen molar-refractivity contribution in [3.8, 4) is 11.5 Å². The molecule has 2 heterocycles. The van der Waals surface area contributed by atoms with Crippen molar-refractivity contribution in [3.63, 3.8) is 0 Å². The van der Waals surface area contributed by atoms with E-state index in [0.717, 1.165) is 12.8 Å². The number of thioether (sulfide) groups is 1. The second-order valence-electron chi connectivity index (χ2n) is 12.0. The summed E-state index contributed by atoms with van der Waals surface area (Å²) < 4.78 is 71.4. The maximum atomic E-state index is 13.5. The van der Waals surface area contributed by atoms with Gasteiger partial charge in [-0.1, -0.05) is 41.4 Å². The number of aldehydes is 1. The van der Waals surface area contributed by atoms with Gasteiger partial charge in [0.1, 0.15) is 29.2 Å². The average molecular weight is 808 g/mol. The van der Waals surface area contributed by atoms with Gasteiger partial charge >= 0.3 is 12.6 Å². The van der Waals surface area contributed by atoms with E-state index in [0.29, 0.717) is 40.4 Å². The molecule has 0 radical (unpaired) electrons. The molecule has 1 aliphatic heterocycles. The summed E-state index contributed by atoms with van der Waals surface area (Å²) >= 11 is 14.0. The molecule has 2 aromatic carbocycles. The number of benzene rings is 2. The van der Waals surface area contributed by atoms with Gasteiger partial charge in [-0.15, -0.1) is 11.8 Å². The second kappa shape index (κ2) is 20.1. The van der Waals surface area contributed by atoms with Gasteiger partial charge in [0.25, 0.3) is 0 Å². The van der Waals surface area contributed by atoms with Gasteiger partial charge < -0.3 is 23.9 Å². The van der Waals surface area contributed by atoms with Crippen LogP contribution in [0.25, 0.3) is 0 Å². The van der Waals surface area contributed by atoms with E-state index in [-0.39, 0.29) is 51.4 Å². The molecule has 284 valence electrons. The molecule has 5 rings (SSSR count). The van der Waals surface area contributed by atoms with Crippen LogP contribution in [-0.2, 0) is 30.8 Å². The molecule has 1 aromatic heterocycles. The molecule has 1 N–H and O–H groups in total. The highest BCUT2D eigenvalue weighted by Gasteiger charge is 2.38. The number of esters is 1. The van der Waals surface area contributed by atoms with E-state index >= 15 is 0 Å². The van der Waals surface area contributed by atoms with Crippen molar-refractivity contribution in [2.24, 2.45) is 5.92 Å². The quantitative estimate of drug-likeness (QED) is 0.0929. The minimum atomic E-state index is -4.05. The molecular formula is C34H40Cl2F2N3O9S2+. The first-order chi connectivity index (χ1) is 24.7. The monoisotopic (exact) mass is 806 g/mol. The van der Waals surface area contributed by atoms with Crippen molar-refractivity contribution >= 4 is 64.0 Å². The minimum Gasteiger partial charge on any atom is -0.489 e. The molecule has 0 spiro atoms. The molecule has 18 heteroatoms. The van der Waals surface area contributed by atoms with Gasteiger partial charge in [-0.2, -0.15) is 13.1 Å². The zero-order chi connectivity index (χ0) is 38.6. The van der Waals surface area contributed by atoms with E-state index in [1.54, 1.807) is 0 Å². The maximum absolute atomic E-state index is 13.5.